The topological polar surface area (TPSA) is 85.9 Å². The van der Waals surface area contributed by atoms with E-state index in [-0.39, 0.29) is 11.5 Å². The summed E-state index contributed by atoms with van der Waals surface area (Å²) >= 11 is 0. The lowest BCUT2D eigenvalue weighted by atomic mass is 9.94. The van der Waals surface area contributed by atoms with Gasteiger partial charge in [0.2, 0.25) is 0 Å². The molecule has 0 aliphatic heterocycles. The Kier molecular flexibility index (Phi) is 4.78. The van der Waals surface area contributed by atoms with Crippen LogP contribution < -0.4 is 4.74 Å². The highest BCUT2D eigenvalue weighted by Crippen LogP contribution is 2.34. The molecule has 0 saturated carbocycles. The Morgan fingerprint density at radius 2 is 1.95 bits per heavy atom. The average molecular weight is 298 g/mol. The zero-order valence-corrected chi connectivity index (χ0v) is 12.5. The highest BCUT2D eigenvalue weighted by atomic mass is 16.5. The molecule has 0 amide bonds. The van der Waals surface area contributed by atoms with Gasteiger partial charge in [0.1, 0.15) is 0 Å². The van der Waals surface area contributed by atoms with E-state index in [9.17, 15) is 5.11 Å². The van der Waals surface area contributed by atoms with Gasteiger partial charge in [-0.25, -0.2) is 0 Å². The van der Waals surface area contributed by atoms with Crippen LogP contribution in [0.25, 0.3) is 0 Å². The second-order valence-electron chi connectivity index (χ2n) is 4.96. The molecule has 5 nitrogen and oxygen atoms in total. The molecule has 114 valence electrons. The van der Waals surface area contributed by atoms with E-state index in [0.717, 1.165) is 17.3 Å². The van der Waals surface area contributed by atoms with Gasteiger partial charge in [-0.3, -0.25) is 0 Å². The van der Waals surface area contributed by atoms with Crippen molar-refractivity contribution in [3.63, 3.8) is 0 Å². The van der Waals surface area contributed by atoms with Crippen molar-refractivity contribution in [2.24, 2.45) is 5.16 Å². The van der Waals surface area contributed by atoms with Crippen molar-refractivity contribution < 1.29 is 15.1 Å². The molecule has 22 heavy (non-hydrogen) atoms. The molecule has 0 radical (unpaired) electrons. The van der Waals surface area contributed by atoms with Gasteiger partial charge in [-0.1, -0.05) is 35.0 Å². The number of hydrogen-bond acceptors (Lipinski definition) is 5. The minimum absolute atomic E-state index is 0.0882. The second-order valence-corrected chi connectivity index (χ2v) is 4.96. The number of methoxy groups -OCH3 is 1. The maximum atomic E-state index is 10.2. The van der Waals surface area contributed by atoms with Gasteiger partial charge in [0.15, 0.2) is 11.5 Å². The Bertz CT molecular complexity index is 707. The lowest BCUT2D eigenvalue weighted by Crippen LogP contribution is -2.03. The van der Waals surface area contributed by atoms with E-state index in [4.69, 9.17) is 15.4 Å². The first-order valence-electron chi connectivity index (χ1n) is 6.77. The molecule has 0 heterocycles. The zero-order chi connectivity index (χ0) is 16.1. The van der Waals surface area contributed by atoms with Gasteiger partial charge in [0.25, 0.3) is 0 Å². The summed E-state index contributed by atoms with van der Waals surface area (Å²) in [7, 11) is 1.43. The van der Waals surface area contributed by atoms with Crippen molar-refractivity contribution in [3.05, 3.63) is 58.1 Å². The smallest absolute Gasteiger partial charge is 0.166 e. The van der Waals surface area contributed by atoms with E-state index in [1.165, 1.54) is 13.3 Å². The first-order valence-corrected chi connectivity index (χ1v) is 6.77. The molecule has 5 heteroatoms. The third-order valence-corrected chi connectivity index (χ3v) is 3.51. The Balaban J connectivity index is 2.58. The van der Waals surface area contributed by atoms with E-state index in [1.54, 1.807) is 6.07 Å². The van der Waals surface area contributed by atoms with Crippen LogP contribution in [0, 0.1) is 12.3 Å². The van der Waals surface area contributed by atoms with E-state index in [2.05, 4.69) is 5.16 Å². The SMILES string of the molecule is COc1cc(/C=N/O)c(Cc2ccc(C)cc2)c(C=N)c1O. The minimum Gasteiger partial charge on any atom is -0.504 e. The number of hydrogen-bond donors (Lipinski definition) is 3. The zero-order valence-electron chi connectivity index (χ0n) is 12.5. The monoisotopic (exact) mass is 298 g/mol. The molecule has 0 fully saturated rings. The molecular weight excluding hydrogens is 280 g/mol. The van der Waals surface area contributed by atoms with Gasteiger partial charge in [0.05, 0.1) is 13.3 Å². The molecule has 0 unspecified atom stereocenters. The predicted molar refractivity (Wildman–Crippen MR) is 85.9 cm³/mol. The van der Waals surface area contributed by atoms with Crippen molar-refractivity contribution in [1.82, 2.24) is 0 Å². The Morgan fingerprint density at radius 3 is 2.50 bits per heavy atom. The molecule has 0 aliphatic rings. The highest BCUT2D eigenvalue weighted by molar-refractivity contribution is 5.92. The maximum absolute atomic E-state index is 10.2. The number of nitrogens with one attached hydrogen (secondary N) is 1. The van der Waals surface area contributed by atoms with Crippen molar-refractivity contribution in [2.45, 2.75) is 13.3 Å². The summed E-state index contributed by atoms with van der Waals surface area (Å²) in [5.41, 5.74) is 3.85. The lowest BCUT2D eigenvalue weighted by Gasteiger charge is -2.14. The van der Waals surface area contributed by atoms with Crippen LogP contribution in [-0.2, 0) is 6.42 Å². The first kappa shape index (κ1) is 15.6. The first-order chi connectivity index (χ1) is 10.6. The third-order valence-electron chi connectivity index (χ3n) is 3.51. The van der Waals surface area contributed by atoms with E-state index in [0.29, 0.717) is 23.1 Å². The summed E-state index contributed by atoms with van der Waals surface area (Å²) in [6, 6.07) is 9.57. The van der Waals surface area contributed by atoms with Crippen LogP contribution in [0.5, 0.6) is 11.5 Å². The number of oxime groups is 1. The number of ether oxygens (including phenoxy) is 1. The van der Waals surface area contributed by atoms with Crippen LogP contribution in [0.15, 0.2) is 35.5 Å². The van der Waals surface area contributed by atoms with E-state index >= 15 is 0 Å². The number of phenols is 1. The summed E-state index contributed by atoms with van der Waals surface area (Å²) < 4.78 is 5.10. The van der Waals surface area contributed by atoms with Crippen molar-refractivity contribution in [3.8, 4) is 11.5 Å². The molecule has 0 aromatic heterocycles. The number of rotatable bonds is 5. The van der Waals surface area contributed by atoms with Crippen LogP contribution in [0.1, 0.15) is 27.8 Å². The molecule has 2 rings (SSSR count). The fourth-order valence-electron chi connectivity index (χ4n) is 2.32. The number of aryl methyl sites for hydroxylation is 1. The summed E-state index contributed by atoms with van der Waals surface area (Å²) in [5, 5.41) is 29.7. The van der Waals surface area contributed by atoms with Gasteiger partial charge >= 0.3 is 0 Å². The lowest BCUT2D eigenvalue weighted by molar-refractivity contribution is 0.321. The molecule has 2 aromatic carbocycles. The maximum Gasteiger partial charge on any atom is 0.166 e. The van der Waals surface area contributed by atoms with Gasteiger partial charge in [-0.2, -0.15) is 0 Å². The summed E-state index contributed by atoms with van der Waals surface area (Å²) in [6.07, 6.45) is 2.86. The van der Waals surface area contributed by atoms with Gasteiger partial charge < -0.3 is 20.5 Å². The molecule has 0 spiro atoms. The van der Waals surface area contributed by atoms with Crippen molar-refractivity contribution >= 4 is 12.4 Å². The average Bonchev–Trinajstić information content (AvgIpc) is 2.52. The van der Waals surface area contributed by atoms with Gasteiger partial charge in [-0.05, 0) is 30.5 Å². The quantitative estimate of drug-likeness (QED) is 0.450. The normalized spacial score (nSPS) is 10.8. The summed E-state index contributed by atoms with van der Waals surface area (Å²) in [6.45, 7) is 2.01. The molecular formula is C17H18N2O3. The number of benzene rings is 2. The fraction of sp³-hybridized carbons (Fsp3) is 0.176. The predicted octanol–water partition coefficient (Wildman–Crippen LogP) is 3.11. The Hall–Kier alpha value is -2.82. The third kappa shape index (κ3) is 3.09. The van der Waals surface area contributed by atoms with Crippen molar-refractivity contribution in [1.29, 1.82) is 5.41 Å². The minimum atomic E-state index is -0.0882. The number of nitrogens with zero attached hydrogens (tertiary/aromatic N) is 1. The van der Waals surface area contributed by atoms with Crippen LogP contribution in [0.2, 0.25) is 0 Å². The van der Waals surface area contributed by atoms with Crippen LogP contribution in [0.3, 0.4) is 0 Å². The highest BCUT2D eigenvalue weighted by Gasteiger charge is 2.16. The molecule has 0 atom stereocenters. The van der Waals surface area contributed by atoms with Crippen LogP contribution in [-0.4, -0.2) is 29.9 Å². The Morgan fingerprint density at radius 1 is 1.27 bits per heavy atom. The van der Waals surface area contributed by atoms with Crippen LogP contribution >= 0.6 is 0 Å². The second kappa shape index (κ2) is 6.76. The molecule has 0 bridgehead atoms. The number of aromatic hydroxyl groups is 1. The Labute approximate surface area is 129 Å². The molecule has 0 aliphatic carbocycles. The molecule has 0 saturated heterocycles. The fourth-order valence-corrected chi connectivity index (χ4v) is 2.32. The molecule has 3 N–H and O–H groups in total. The van der Waals surface area contributed by atoms with Crippen molar-refractivity contribution in [2.75, 3.05) is 7.11 Å². The standard InChI is InChI=1S/C17H18N2O3/c1-11-3-5-12(6-4-11)7-14-13(10-19-21)8-16(22-2)17(20)15(14)9-18/h3-6,8-10,18,20-21H,7H2,1-2H3/b18-9?,19-10+. The largest absolute Gasteiger partial charge is 0.504 e. The van der Waals surface area contributed by atoms with Crippen LogP contribution in [0.4, 0.5) is 0 Å². The summed E-state index contributed by atoms with van der Waals surface area (Å²) in [5.74, 6) is 0.149. The van der Waals surface area contributed by atoms with Gasteiger partial charge in [0, 0.05) is 17.3 Å². The van der Waals surface area contributed by atoms with E-state index in [1.807, 2.05) is 31.2 Å². The molecule has 2 aromatic rings. The van der Waals surface area contributed by atoms with Gasteiger partial charge in [-0.15, -0.1) is 0 Å². The van der Waals surface area contributed by atoms with E-state index < -0.39 is 0 Å². The summed E-state index contributed by atoms with van der Waals surface area (Å²) in [4.78, 5) is 0. The number of phenolic OH excluding ortho intramolecular Hbond substituents is 1.